The van der Waals surface area contributed by atoms with Gasteiger partial charge in [-0.25, -0.2) is 17.4 Å². The number of likely N-dealkylation sites (N-methyl/N-ethyl adjacent to an activating group) is 1. The topological polar surface area (TPSA) is 55.2 Å². The SMILES string of the molecule is CN1CC=C(c2cn(S(=O)(=O)c3ccc4ncsc4c3)c3ccc(C(F)(F)F)cc23)CC1. The molecule has 2 aromatic carbocycles. The van der Waals surface area contributed by atoms with E-state index in [1.54, 1.807) is 17.6 Å². The Balaban J connectivity index is 1.74. The zero-order valence-electron chi connectivity index (χ0n) is 16.9. The van der Waals surface area contributed by atoms with Crippen LogP contribution in [0, 0.1) is 0 Å². The number of halogens is 3. The van der Waals surface area contributed by atoms with Crippen molar-refractivity contribution in [1.29, 1.82) is 0 Å². The minimum Gasteiger partial charge on any atom is -0.302 e. The smallest absolute Gasteiger partial charge is 0.302 e. The average Bonchev–Trinajstić information content (AvgIpc) is 3.37. The van der Waals surface area contributed by atoms with Crippen molar-refractivity contribution in [2.45, 2.75) is 17.5 Å². The van der Waals surface area contributed by atoms with Gasteiger partial charge in [-0.05, 0) is 55.4 Å². The molecule has 3 heterocycles. The number of hydrogen-bond donors (Lipinski definition) is 0. The summed E-state index contributed by atoms with van der Waals surface area (Å²) in [6, 6.07) is 7.86. The second-order valence-electron chi connectivity index (χ2n) is 7.80. The van der Waals surface area contributed by atoms with E-state index in [4.69, 9.17) is 0 Å². The molecule has 1 aliphatic rings. The number of benzene rings is 2. The zero-order valence-corrected chi connectivity index (χ0v) is 18.6. The first-order valence-corrected chi connectivity index (χ1v) is 12.2. The van der Waals surface area contributed by atoms with Gasteiger partial charge in [0, 0.05) is 30.2 Å². The van der Waals surface area contributed by atoms with Crippen molar-refractivity contribution in [2.24, 2.45) is 0 Å². The lowest BCUT2D eigenvalue weighted by molar-refractivity contribution is -0.137. The van der Waals surface area contributed by atoms with Crippen molar-refractivity contribution in [2.75, 3.05) is 20.1 Å². The molecule has 1 aliphatic heterocycles. The molecule has 0 saturated heterocycles. The van der Waals surface area contributed by atoms with Gasteiger partial charge in [0.25, 0.3) is 10.0 Å². The number of aromatic nitrogens is 2. The van der Waals surface area contributed by atoms with Crippen LogP contribution in [-0.4, -0.2) is 42.4 Å². The maximum Gasteiger partial charge on any atom is 0.416 e. The van der Waals surface area contributed by atoms with E-state index in [-0.39, 0.29) is 15.8 Å². The van der Waals surface area contributed by atoms with E-state index in [0.29, 0.717) is 24.0 Å². The second-order valence-corrected chi connectivity index (χ2v) is 10.5. The van der Waals surface area contributed by atoms with Crippen LogP contribution in [0.1, 0.15) is 17.5 Å². The minimum atomic E-state index is -4.52. The number of nitrogens with zero attached hydrogens (tertiary/aromatic N) is 3. The molecule has 0 spiro atoms. The van der Waals surface area contributed by atoms with E-state index >= 15 is 0 Å². The van der Waals surface area contributed by atoms with E-state index in [9.17, 15) is 21.6 Å². The van der Waals surface area contributed by atoms with Crippen LogP contribution in [0.25, 0.3) is 26.7 Å². The summed E-state index contributed by atoms with van der Waals surface area (Å²) < 4.78 is 69.1. The van der Waals surface area contributed by atoms with Crippen molar-refractivity contribution in [1.82, 2.24) is 13.9 Å². The molecule has 0 atom stereocenters. The van der Waals surface area contributed by atoms with Gasteiger partial charge in [-0.15, -0.1) is 11.3 Å². The molecule has 5 rings (SSSR count). The molecule has 10 heteroatoms. The summed E-state index contributed by atoms with van der Waals surface area (Å²) in [7, 11) is -2.08. The Kier molecular flexibility index (Phi) is 4.92. The molecule has 0 saturated carbocycles. The van der Waals surface area contributed by atoms with Gasteiger partial charge in [-0.1, -0.05) is 6.08 Å². The summed E-state index contributed by atoms with van der Waals surface area (Å²) in [5.41, 5.74) is 3.10. The molecule has 4 aromatic rings. The highest BCUT2D eigenvalue weighted by atomic mass is 32.2. The van der Waals surface area contributed by atoms with E-state index in [0.717, 1.165) is 32.9 Å². The van der Waals surface area contributed by atoms with Gasteiger partial charge < -0.3 is 4.90 Å². The van der Waals surface area contributed by atoms with Crippen molar-refractivity contribution < 1.29 is 21.6 Å². The van der Waals surface area contributed by atoms with E-state index < -0.39 is 21.8 Å². The molecule has 0 radical (unpaired) electrons. The average molecular weight is 478 g/mol. The maximum absolute atomic E-state index is 13.5. The van der Waals surface area contributed by atoms with Crippen molar-refractivity contribution in [3.05, 3.63) is 65.3 Å². The summed E-state index contributed by atoms with van der Waals surface area (Å²) in [5.74, 6) is 0. The monoisotopic (exact) mass is 477 g/mol. The fourth-order valence-corrected chi connectivity index (χ4v) is 6.14. The number of fused-ring (bicyclic) bond motifs is 2. The maximum atomic E-state index is 13.5. The van der Waals surface area contributed by atoms with Crippen LogP contribution in [-0.2, 0) is 16.2 Å². The fraction of sp³-hybridized carbons (Fsp3) is 0.227. The summed E-state index contributed by atoms with van der Waals surface area (Å²) >= 11 is 1.33. The number of alkyl halides is 3. The summed E-state index contributed by atoms with van der Waals surface area (Å²) in [6.45, 7) is 1.39. The lowest BCUT2D eigenvalue weighted by atomic mass is 9.98. The Morgan fingerprint density at radius 3 is 2.66 bits per heavy atom. The van der Waals surface area contributed by atoms with Gasteiger partial charge >= 0.3 is 6.18 Å². The highest BCUT2D eigenvalue weighted by molar-refractivity contribution is 7.90. The molecule has 0 fully saturated rings. The summed E-state index contributed by atoms with van der Waals surface area (Å²) in [4.78, 5) is 6.32. The number of thiazole rings is 1. The number of hydrogen-bond acceptors (Lipinski definition) is 5. The highest BCUT2D eigenvalue weighted by Crippen LogP contribution is 2.37. The van der Waals surface area contributed by atoms with Crippen LogP contribution < -0.4 is 0 Å². The summed E-state index contributed by atoms with van der Waals surface area (Å²) in [5, 5.41) is 0.276. The van der Waals surface area contributed by atoms with Gasteiger partial charge in [0.05, 0.1) is 31.7 Å². The molecule has 0 N–H and O–H groups in total. The Hall–Kier alpha value is -2.69. The first-order chi connectivity index (χ1) is 15.1. The van der Waals surface area contributed by atoms with Crippen molar-refractivity contribution in [3.8, 4) is 0 Å². The van der Waals surface area contributed by atoms with Crippen LogP contribution in [0.3, 0.4) is 0 Å². The predicted molar refractivity (Wildman–Crippen MR) is 119 cm³/mol. The van der Waals surface area contributed by atoms with E-state index in [1.165, 1.54) is 29.7 Å². The molecule has 0 bridgehead atoms. The molecule has 5 nitrogen and oxygen atoms in total. The third-order valence-corrected chi connectivity index (χ3v) is 8.18. The Bertz CT molecular complexity index is 1480. The standard InChI is InChI=1S/C22H18F3N3O2S2/c1-27-8-6-14(7-9-27)18-12-28(20-5-2-15(10-17(18)20)22(23,24)25)32(29,30)16-3-4-19-21(11-16)31-13-26-19/h2-6,10-13H,7-9H2,1H3. The first kappa shape index (κ1) is 21.2. The highest BCUT2D eigenvalue weighted by Gasteiger charge is 2.32. The van der Waals surface area contributed by atoms with Crippen LogP contribution in [0.2, 0.25) is 0 Å². The molecule has 32 heavy (non-hydrogen) atoms. The quantitative estimate of drug-likeness (QED) is 0.406. The third kappa shape index (κ3) is 3.52. The molecule has 0 amide bonds. The normalized spacial score (nSPS) is 16.1. The molecular weight excluding hydrogens is 459 g/mol. The Labute approximate surface area is 186 Å². The molecular formula is C22H18F3N3O2S2. The first-order valence-electron chi connectivity index (χ1n) is 9.84. The van der Waals surface area contributed by atoms with Gasteiger partial charge in [-0.2, -0.15) is 13.2 Å². The third-order valence-electron chi connectivity index (χ3n) is 5.72. The lowest BCUT2D eigenvalue weighted by Crippen LogP contribution is -2.23. The zero-order chi connectivity index (χ0) is 22.7. The molecule has 0 aliphatic carbocycles. The Morgan fingerprint density at radius 2 is 1.94 bits per heavy atom. The molecule has 166 valence electrons. The van der Waals surface area contributed by atoms with Gasteiger partial charge in [0.1, 0.15) is 0 Å². The van der Waals surface area contributed by atoms with E-state index in [2.05, 4.69) is 9.88 Å². The predicted octanol–water partition coefficient (Wildman–Crippen LogP) is 5.23. The van der Waals surface area contributed by atoms with Crippen LogP contribution >= 0.6 is 11.3 Å². The largest absolute Gasteiger partial charge is 0.416 e. The minimum absolute atomic E-state index is 0.0648. The van der Waals surface area contributed by atoms with Crippen LogP contribution in [0.15, 0.2) is 59.1 Å². The Morgan fingerprint density at radius 1 is 1.12 bits per heavy atom. The van der Waals surface area contributed by atoms with Crippen molar-refractivity contribution in [3.63, 3.8) is 0 Å². The van der Waals surface area contributed by atoms with Gasteiger partial charge in [0.2, 0.25) is 0 Å². The number of rotatable bonds is 3. The second kappa shape index (κ2) is 7.43. The van der Waals surface area contributed by atoms with Gasteiger partial charge in [0.15, 0.2) is 0 Å². The fourth-order valence-electron chi connectivity index (χ4n) is 3.96. The lowest BCUT2D eigenvalue weighted by Gasteiger charge is -2.21. The van der Waals surface area contributed by atoms with Gasteiger partial charge in [-0.3, -0.25) is 0 Å². The molecule has 2 aromatic heterocycles. The van der Waals surface area contributed by atoms with Crippen LogP contribution in [0.5, 0.6) is 0 Å². The summed E-state index contributed by atoms with van der Waals surface area (Å²) in [6.07, 6.45) is -0.503. The van der Waals surface area contributed by atoms with Crippen LogP contribution in [0.4, 0.5) is 13.2 Å². The van der Waals surface area contributed by atoms with Crippen molar-refractivity contribution >= 4 is 48.1 Å². The van der Waals surface area contributed by atoms with E-state index in [1.807, 2.05) is 13.1 Å². The molecule has 0 unspecified atom stereocenters.